The summed E-state index contributed by atoms with van der Waals surface area (Å²) < 4.78 is 13.2. The lowest BCUT2D eigenvalue weighted by Crippen LogP contribution is -2.52. The van der Waals surface area contributed by atoms with Crippen molar-refractivity contribution < 1.29 is 9.31 Å². The molecule has 1 aliphatic rings. The van der Waals surface area contributed by atoms with E-state index in [2.05, 4.69) is 12.2 Å². The van der Waals surface area contributed by atoms with Gasteiger partial charge in [0.05, 0.1) is 16.5 Å². The molecule has 3 N–H and O–H groups in total. The predicted octanol–water partition coefficient (Wildman–Crippen LogP) is 3.05. The van der Waals surface area contributed by atoms with Gasteiger partial charge in [0.1, 0.15) is 11.5 Å². The molecule has 1 aromatic carbocycles. The first-order valence-corrected chi connectivity index (χ1v) is 6.91. The highest BCUT2D eigenvalue weighted by Gasteiger charge is 2.38. The molecule has 0 radical (unpaired) electrons. The number of nitrogens with two attached hydrogens (primary N) is 1. The molecule has 1 aliphatic carbocycles. The standard InChI is InChI=1S/C14H20FN3O2/c1-10-4-2-3-7-14(10,9-16)17-12-6-5-11(15)8-13(12)18(19)20/h5-6,8,10,17H,2-4,7,9,16H2,1H3. The summed E-state index contributed by atoms with van der Waals surface area (Å²) in [6.45, 7) is 2.51. The second kappa shape index (κ2) is 5.75. The SMILES string of the molecule is CC1CCCCC1(CN)Nc1ccc(F)cc1[N+](=O)[O-]. The van der Waals surface area contributed by atoms with Crippen molar-refractivity contribution in [3.05, 3.63) is 34.1 Å². The summed E-state index contributed by atoms with van der Waals surface area (Å²) in [5.41, 5.74) is 5.68. The van der Waals surface area contributed by atoms with Crippen molar-refractivity contribution in [1.29, 1.82) is 0 Å². The maximum atomic E-state index is 13.2. The van der Waals surface area contributed by atoms with Gasteiger partial charge in [-0.05, 0) is 30.9 Å². The Morgan fingerprint density at radius 3 is 2.90 bits per heavy atom. The van der Waals surface area contributed by atoms with Crippen LogP contribution in [0.3, 0.4) is 0 Å². The molecule has 6 heteroatoms. The van der Waals surface area contributed by atoms with E-state index in [0.717, 1.165) is 31.7 Å². The van der Waals surface area contributed by atoms with Crippen molar-refractivity contribution in [2.45, 2.75) is 38.1 Å². The summed E-state index contributed by atoms with van der Waals surface area (Å²) in [5, 5.41) is 14.3. The highest BCUT2D eigenvalue weighted by molar-refractivity contribution is 5.63. The van der Waals surface area contributed by atoms with Gasteiger partial charge < -0.3 is 11.1 Å². The van der Waals surface area contributed by atoms with Crippen molar-refractivity contribution in [3.63, 3.8) is 0 Å². The van der Waals surface area contributed by atoms with Crippen molar-refractivity contribution in [3.8, 4) is 0 Å². The van der Waals surface area contributed by atoms with E-state index in [0.29, 0.717) is 18.2 Å². The monoisotopic (exact) mass is 281 g/mol. The Labute approximate surface area is 117 Å². The highest BCUT2D eigenvalue weighted by Crippen LogP contribution is 2.38. The van der Waals surface area contributed by atoms with E-state index in [4.69, 9.17) is 5.73 Å². The zero-order valence-electron chi connectivity index (χ0n) is 11.6. The quantitative estimate of drug-likeness (QED) is 0.656. The van der Waals surface area contributed by atoms with Crippen molar-refractivity contribution in [1.82, 2.24) is 0 Å². The van der Waals surface area contributed by atoms with Crippen molar-refractivity contribution >= 4 is 11.4 Å². The van der Waals surface area contributed by atoms with Gasteiger partial charge >= 0.3 is 0 Å². The van der Waals surface area contributed by atoms with Crippen LogP contribution in [0.4, 0.5) is 15.8 Å². The van der Waals surface area contributed by atoms with Crippen molar-refractivity contribution in [2.24, 2.45) is 11.7 Å². The fraction of sp³-hybridized carbons (Fsp3) is 0.571. The molecule has 2 unspecified atom stereocenters. The molecule has 1 aromatic rings. The number of nitro groups is 1. The molecule has 20 heavy (non-hydrogen) atoms. The molecule has 0 spiro atoms. The van der Waals surface area contributed by atoms with Gasteiger partial charge in [-0.15, -0.1) is 0 Å². The molecule has 0 aromatic heterocycles. The van der Waals surface area contributed by atoms with Gasteiger partial charge in [0.25, 0.3) is 5.69 Å². The summed E-state index contributed by atoms with van der Waals surface area (Å²) >= 11 is 0. The van der Waals surface area contributed by atoms with Crippen LogP contribution in [-0.4, -0.2) is 17.0 Å². The van der Waals surface area contributed by atoms with Gasteiger partial charge in [0.2, 0.25) is 0 Å². The number of anilines is 1. The fourth-order valence-corrected chi connectivity index (χ4v) is 2.98. The first-order valence-electron chi connectivity index (χ1n) is 6.91. The van der Waals surface area contributed by atoms with Crippen LogP contribution in [0, 0.1) is 21.8 Å². The minimum absolute atomic E-state index is 0.240. The number of halogens is 1. The summed E-state index contributed by atoms with van der Waals surface area (Å²) in [6, 6.07) is 3.60. The molecule has 1 saturated carbocycles. The molecule has 2 rings (SSSR count). The molecule has 0 bridgehead atoms. The lowest BCUT2D eigenvalue weighted by Gasteiger charge is -2.43. The molecule has 110 valence electrons. The Bertz CT molecular complexity index is 509. The van der Waals surface area contributed by atoms with Gasteiger partial charge in [-0.3, -0.25) is 10.1 Å². The second-order valence-electron chi connectivity index (χ2n) is 5.55. The van der Waals surface area contributed by atoms with Gasteiger partial charge in [0.15, 0.2) is 0 Å². The van der Waals surface area contributed by atoms with E-state index in [-0.39, 0.29) is 11.2 Å². The van der Waals surface area contributed by atoms with Gasteiger partial charge in [-0.2, -0.15) is 0 Å². The summed E-state index contributed by atoms with van der Waals surface area (Å²) in [6.07, 6.45) is 4.11. The minimum Gasteiger partial charge on any atom is -0.373 e. The number of hydrogen-bond acceptors (Lipinski definition) is 4. The molecule has 2 atom stereocenters. The maximum Gasteiger partial charge on any atom is 0.295 e. The summed E-state index contributed by atoms with van der Waals surface area (Å²) in [5.74, 6) is -0.286. The molecule has 0 heterocycles. The third kappa shape index (κ3) is 2.75. The number of hydrogen-bond donors (Lipinski definition) is 2. The van der Waals surface area contributed by atoms with E-state index in [1.165, 1.54) is 12.1 Å². The predicted molar refractivity (Wildman–Crippen MR) is 76.1 cm³/mol. The Kier molecular flexibility index (Phi) is 4.23. The van der Waals surface area contributed by atoms with Gasteiger partial charge in [0, 0.05) is 6.54 Å². The van der Waals surface area contributed by atoms with Gasteiger partial charge in [-0.1, -0.05) is 19.8 Å². The van der Waals surface area contributed by atoms with Crippen molar-refractivity contribution in [2.75, 3.05) is 11.9 Å². The van der Waals surface area contributed by atoms with E-state index < -0.39 is 10.7 Å². The second-order valence-corrected chi connectivity index (χ2v) is 5.55. The van der Waals surface area contributed by atoms with Crippen LogP contribution in [0.15, 0.2) is 18.2 Å². The number of benzene rings is 1. The number of nitrogens with zero attached hydrogens (tertiary/aromatic N) is 1. The Morgan fingerprint density at radius 2 is 2.30 bits per heavy atom. The lowest BCUT2D eigenvalue weighted by molar-refractivity contribution is -0.384. The molecule has 0 aliphatic heterocycles. The van der Waals surface area contributed by atoms with Crippen LogP contribution in [-0.2, 0) is 0 Å². The number of nitrogens with one attached hydrogen (secondary N) is 1. The molecular formula is C14H20FN3O2. The van der Waals surface area contributed by atoms with E-state index >= 15 is 0 Å². The van der Waals surface area contributed by atoms with E-state index in [1.54, 1.807) is 0 Å². The zero-order valence-corrected chi connectivity index (χ0v) is 11.6. The smallest absolute Gasteiger partial charge is 0.295 e. The van der Waals surface area contributed by atoms with Crippen LogP contribution in [0.2, 0.25) is 0 Å². The molecule has 5 nitrogen and oxygen atoms in total. The summed E-state index contributed by atoms with van der Waals surface area (Å²) in [4.78, 5) is 10.5. The maximum absolute atomic E-state index is 13.2. The largest absolute Gasteiger partial charge is 0.373 e. The fourth-order valence-electron chi connectivity index (χ4n) is 2.98. The first kappa shape index (κ1) is 14.7. The normalized spacial score (nSPS) is 26.2. The number of nitro benzene ring substituents is 1. The molecular weight excluding hydrogens is 261 g/mol. The van der Waals surface area contributed by atoms with E-state index in [1.807, 2.05) is 0 Å². The molecule has 0 saturated heterocycles. The Morgan fingerprint density at radius 1 is 1.55 bits per heavy atom. The van der Waals surface area contributed by atoms with Crippen LogP contribution in [0.1, 0.15) is 32.6 Å². The lowest BCUT2D eigenvalue weighted by atomic mass is 9.73. The summed E-state index contributed by atoms with van der Waals surface area (Å²) in [7, 11) is 0. The zero-order chi connectivity index (χ0) is 14.8. The third-order valence-electron chi connectivity index (χ3n) is 4.36. The van der Waals surface area contributed by atoms with Crippen LogP contribution in [0.25, 0.3) is 0 Å². The minimum atomic E-state index is -0.610. The van der Waals surface area contributed by atoms with Crippen LogP contribution in [0.5, 0.6) is 0 Å². The average molecular weight is 281 g/mol. The van der Waals surface area contributed by atoms with Gasteiger partial charge in [-0.25, -0.2) is 4.39 Å². The Hall–Kier alpha value is -1.69. The Balaban J connectivity index is 2.34. The molecule has 1 fully saturated rings. The molecule has 0 amide bonds. The average Bonchev–Trinajstić information content (AvgIpc) is 2.43. The highest BCUT2D eigenvalue weighted by atomic mass is 19.1. The third-order valence-corrected chi connectivity index (χ3v) is 4.36. The topological polar surface area (TPSA) is 81.2 Å². The number of rotatable bonds is 4. The van der Waals surface area contributed by atoms with Crippen LogP contribution < -0.4 is 11.1 Å². The first-order chi connectivity index (χ1) is 9.48. The van der Waals surface area contributed by atoms with E-state index in [9.17, 15) is 14.5 Å². The van der Waals surface area contributed by atoms with Crippen LogP contribution >= 0.6 is 0 Å².